The first kappa shape index (κ1) is 15.5. The van der Waals surface area contributed by atoms with Crippen LogP contribution >= 0.6 is 0 Å². The van der Waals surface area contributed by atoms with E-state index in [9.17, 15) is 9.59 Å². The van der Waals surface area contributed by atoms with Gasteiger partial charge in [0.2, 0.25) is 5.91 Å². The van der Waals surface area contributed by atoms with E-state index in [1.54, 1.807) is 24.3 Å². The molecular weight excluding hydrogens is 284 g/mol. The molecular formula is C14H18N6O2. The minimum Gasteiger partial charge on any atom is -0.370 e. The number of aliphatic imine (C=N–C) groups is 1. The zero-order valence-corrected chi connectivity index (χ0v) is 12.0. The first-order chi connectivity index (χ1) is 10.6. The first-order valence-electron chi connectivity index (χ1n) is 6.86. The SMILES string of the molecule is NC(N)=NCCCNC(=O)Cc1n[nH]c(=O)c2ccccc12. The third-order valence-corrected chi connectivity index (χ3v) is 3.05. The molecule has 2 aromatic rings. The van der Waals surface area contributed by atoms with Gasteiger partial charge in [0, 0.05) is 18.5 Å². The maximum Gasteiger partial charge on any atom is 0.272 e. The summed E-state index contributed by atoms with van der Waals surface area (Å²) in [4.78, 5) is 27.4. The highest BCUT2D eigenvalue weighted by molar-refractivity contribution is 5.88. The van der Waals surface area contributed by atoms with Gasteiger partial charge in [0.15, 0.2) is 5.96 Å². The number of guanidine groups is 1. The van der Waals surface area contributed by atoms with Gasteiger partial charge in [0.25, 0.3) is 5.56 Å². The lowest BCUT2D eigenvalue weighted by molar-refractivity contribution is -0.120. The van der Waals surface area contributed by atoms with Crippen LogP contribution in [0.25, 0.3) is 10.8 Å². The quantitative estimate of drug-likeness (QED) is 0.316. The van der Waals surface area contributed by atoms with Gasteiger partial charge in [0.1, 0.15) is 0 Å². The van der Waals surface area contributed by atoms with Crippen molar-refractivity contribution >= 4 is 22.6 Å². The maximum absolute atomic E-state index is 11.9. The van der Waals surface area contributed by atoms with E-state index >= 15 is 0 Å². The number of benzene rings is 1. The molecule has 8 heteroatoms. The van der Waals surface area contributed by atoms with Gasteiger partial charge >= 0.3 is 0 Å². The van der Waals surface area contributed by atoms with Gasteiger partial charge in [-0.25, -0.2) is 5.10 Å². The topological polar surface area (TPSA) is 139 Å². The van der Waals surface area contributed by atoms with Crippen LogP contribution < -0.4 is 22.3 Å². The number of nitrogens with one attached hydrogen (secondary N) is 2. The van der Waals surface area contributed by atoms with Gasteiger partial charge in [-0.05, 0) is 12.5 Å². The van der Waals surface area contributed by atoms with Crippen molar-refractivity contribution in [2.45, 2.75) is 12.8 Å². The van der Waals surface area contributed by atoms with E-state index in [4.69, 9.17) is 11.5 Å². The van der Waals surface area contributed by atoms with Crippen LogP contribution in [0.4, 0.5) is 0 Å². The molecule has 2 rings (SSSR count). The van der Waals surface area contributed by atoms with E-state index in [1.165, 1.54) is 0 Å². The summed E-state index contributed by atoms with van der Waals surface area (Å²) in [6.07, 6.45) is 0.739. The van der Waals surface area contributed by atoms with Gasteiger partial charge in [-0.3, -0.25) is 14.6 Å². The molecule has 1 aromatic heterocycles. The summed E-state index contributed by atoms with van der Waals surface area (Å²) in [7, 11) is 0. The van der Waals surface area contributed by atoms with E-state index in [-0.39, 0.29) is 23.8 Å². The highest BCUT2D eigenvalue weighted by Crippen LogP contribution is 2.12. The van der Waals surface area contributed by atoms with Gasteiger partial charge in [-0.1, -0.05) is 18.2 Å². The molecule has 0 bridgehead atoms. The zero-order chi connectivity index (χ0) is 15.9. The number of amides is 1. The summed E-state index contributed by atoms with van der Waals surface area (Å²) in [5.74, 6) is -0.135. The van der Waals surface area contributed by atoms with Crippen LogP contribution in [0.5, 0.6) is 0 Å². The number of nitrogens with two attached hydrogens (primary N) is 2. The standard InChI is InChI=1S/C14H18N6O2/c15-14(16)18-7-3-6-17-12(21)8-11-9-4-1-2-5-10(9)13(22)20-19-11/h1-2,4-5H,3,6-8H2,(H,17,21)(H,20,22)(H4,15,16,18). The molecule has 0 aliphatic rings. The van der Waals surface area contributed by atoms with Crippen LogP contribution in [0.15, 0.2) is 34.1 Å². The second kappa shape index (κ2) is 7.21. The number of hydrogen-bond acceptors (Lipinski definition) is 4. The zero-order valence-electron chi connectivity index (χ0n) is 12.0. The summed E-state index contributed by atoms with van der Waals surface area (Å²) < 4.78 is 0. The molecule has 0 atom stereocenters. The van der Waals surface area contributed by atoms with Crippen LogP contribution in [0, 0.1) is 0 Å². The molecule has 0 unspecified atom stereocenters. The number of aromatic amines is 1. The summed E-state index contributed by atoms with van der Waals surface area (Å²) in [6.45, 7) is 0.930. The number of carbonyl (C=O) groups excluding carboxylic acids is 1. The summed E-state index contributed by atoms with van der Waals surface area (Å²) in [5, 5.41) is 10.3. The largest absolute Gasteiger partial charge is 0.370 e. The molecule has 0 fully saturated rings. The van der Waals surface area contributed by atoms with Crippen LogP contribution in [0.1, 0.15) is 12.1 Å². The lowest BCUT2D eigenvalue weighted by atomic mass is 10.1. The lowest BCUT2D eigenvalue weighted by Crippen LogP contribution is -2.28. The number of aromatic nitrogens is 2. The fourth-order valence-electron chi connectivity index (χ4n) is 2.04. The van der Waals surface area contributed by atoms with E-state index in [1.807, 2.05) is 0 Å². The number of H-pyrrole nitrogens is 1. The average Bonchev–Trinajstić information content (AvgIpc) is 2.50. The highest BCUT2D eigenvalue weighted by Gasteiger charge is 2.10. The molecule has 0 spiro atoms. The van der Waals surface area contributed by atoms with Crippen LogP contribution in [0.2, 0.25) is 0 Å². The van der Waals surface area contributed by atoms with Gasteiger partial charge < -0.3 is 16.8 Å². The van der Waals surface area contributed by atoms with Crippen LogP contribution in [-0.2, 0) is 11.2 Å². The van der Waals surface area contributed by atoms with Gasteiger partial charge in [-0.15, -0.1) is 0 Å². The normalized spacial score (nSPS) is 10.4. The molecule has 8 nitrogen and oxygen atoms in total. The number of nitrogens with zero attached hydrogens (tertiary/aromatic N) is 2. The molecule has 0 saturated carbocycles. The third-order valence-electron chi connectivity index (χ3n) is 3.05. The molecule has 0 saturated heterocycles. The predicted molar refractivity (Wildman–Crippen MR) is 84.4 cm³/mol. The average molecular weight is 302 g/mol. The van der Waals surface area contributed by atoms with E-state index < -0.39 is 0 Å². The van der Waals surface area contributed by atoms with Crippen LogP contribution in [0.3, 0.4) is 0 Å². The van der Waals surface area contributed by atoms with Crippen molar-refractivity contribution in [2.75, 3.05) is 13.1 Å². The Morgan fingerprint density at radius 3 is 2.73 bits per heavy atom. The molecule has 0 radical (unpaired) electrons. The van der Waals surface area contributed by atoms with Crippen molar-refractivity contribution in [3.63, 3.8) is 0 Å². The van der Waals surface area contributed by atoms with Crippen molar-refractivity contribution in [3.8, 4) is 0 Å². The van der Waals surface area contributed by atoms with Crippen molar-refractivity contribution < 1.29 is 4.79 Å². The lowest BCUT2D eigenvalue weighted by Gasteiger charge is -2.06. The minimum absolute atomic E-state index is 0.0373. The summed E-state index contributed by atoms with van der Waals surface area (Å²) in [6, 6.07) is 7.05. The second-order valence-electron chi connectivity index (χ2n) is 4.73. The van der Waals surface area contributed by atoms with E-state index in [2.05, 4.69) is 20.5 Å². The molecule has 1 aromatic carbocycles. The van der Waals surface area contributed by atoms with Crippen molar-refractivity contribution in [2.24, 2.45) is 16.5 Å². The number of rotatable bonds is 6. The molecule has 6 N–H and O–H groups in total. The Morgan fingerprint density at radius 2 is 2.00 bits per heavy atom. The Bertz CT molecular complexity index is 748. The Balaban J connectivity index is 1.96. The highest BCUT2D eigenvalue weighted by atomic mass is 16.1. The van der Waals surface area contributed by atoms with E-state index in [0.717, 1.165) is 0 Å². The Kier molecular flexibility index (Phi) is 5.07. The van der Waals surface area contributed by atoms with Gasteiger partial charge in [0.05, 0.1) is 17.5 Å². The molecule has 1 amide bonds. The summed E-state index contributed by atoms with van der Waals surface area (Å²) >= 11 is 0. The smallest absolute Gasteiger partial charge is 0.272 e. The van der Waals surface area contributed by atoms with Gasteiger partial charge in [-0.2, -0.15) is 5.10 Å². The van der Waals surface area contributed by atoms with Crippen molar-refractivity contribution in [1.29, 1.82) is 0 Å². The predicted octanol–water partition coefficient (Wildman–Crippen LogP) is -0.755. The Labute approximate surface area is 126 Å². The number of carbonyl (C=O) groups is 1. The van der Waals surface area contributed by atoms with E-state index in [0.29, 0.717) is 36.0 Å². The van der Waals surface area contributed by atoms with Crippen molar-refractivity contribution in [1.82, 2.24) is 15.5 Å². The third kappa shape index (κ3) is 4.05. The Hall–Kier alpha value is -2.90. The number of hydrogen-bond donors (Lipinski definition) is 4. The maximum atomic E-state index is 11.9. The Morgan fingerprint density at radius 1 is 1.27 bits per heavy atom. The minimum atomic E-state index is -0.267. The first-order valence-corrected chi connectivity index (χ1v) is 6.86. The molecule has 22 heavy (non-hydrogen) atoms. The monoisotopic (exact) mass is 302 g/mol. The second-order valence-corrected chi connectivity index (χ2v) is 4.73. The molecule has 0 aliphatic heterocycles. The molecule has 0 aliphatic carbocycles. The van der Waals surface area contributed by atoms with Crippen molar-refractivity contribution in [3.05, 3.63) is 40.3 Å². The number of fused-ring (bicyclic) bond motifs is 1. The fraction of sp³-hybridized carbons (Fsp3) is 0.286. The molecule has 116 valence electrons. The fourth-order valence-corrected chi connectivity index (χ4v) is 2.04. The summed E-state index contributed by atoms with van der Waals surface area (Å²) in [5.41, 5.74) is 10.7. The van der Waals surface area contributed by atoms with Crippen LogP contribution in [-0.4, -0.2) is 35.2 Å². The molecule has 1 heterocycles.